The fourth-order valence-electron chi connectivity index (χ4n) is 0.595. The van der Waals surface area contributed by atoms with Crippen LogP contribution in [-0.4, -0.2) is 25.8 Å². The summed E-state index contributed by atoms with van der Waals surface area (Å²) in [5.41, 5.74) is 0. The lowest BCUT2D eigenvalue weighted by molar-refractivity contribution is -0.107. The summed E-state index contributed by atoms with van der Waals surface area (Å²) >= 11 is 0. The Bertz CT molecular complexity index is 108. The van der Waals surface area contributed by atoms with E-state index in [1.54, 1.807) is 0 Å². The molecule has 0 rings (SSSR count). The van der Waals surface area contributed by atoms with Gasteiger partial charge in [-0.05, 0) is 19.8 Å². The molecule has 98 valence electrons. The Morgan fingerprint density at radius 3 is 1.44 bits per heavy atom. The van der Waals surface area contributed by atoms with Crippen LogP contribution in [0.25, 0.3) is 0 Å². The Hall–Kier alpha value is -0.700. The van der Waals surface area contributed by atoms with Crippen molar-refractivity contribution in [2.75, 3.05) is 13.2 Å². The Morgan fingerprint density at radius 1 is 0.938 bits per heavy atom. The maximum Gasteiger partial charge on any atom is 0.119 e. The summed E-state index contributed by atoms with van der Waals surface area (Å²) < 4.78 is 5.31. The van der Waals surface area contributed by atoms with Gasteiger partial charge in [0.25, 0.3) is 0 Å². The summed E-state index contributed by atoms with van der Waals surface area (Å²) in [6, 6.07) is 0. The number of aldehydes is 2. The van der Waals surface area contributed by atoms with E-state index in [1.807, 2.05) is 6.92 Å². The predicted octanol–water partition coefficient (Wildman–Crippen LogP) is 3.40. The predicted molar refractivity (Wildman–Crippen MR) is 68.7 cm³/mol. The third-order valence-corrected chi connectivity index (χ3v) is 1.45. The molecule has 0 aromatic heterocycles. The van der Waals surface area contributed by atoms with Gasteiger partial charge in [0, 0.05) is 19.6 Å². The number of rotatable bonds is 7. The minimum Gasteiger partial charge on any atom is -0.381 e. The summed E-state index contributed by atoms with van der Waals surface area (Å²) in [5, 5.41) is 0. The van der Waals surface area contributed by atoms with Crippen molar-refractivity contribution in [1.29, 1.82) is 0 Å². The molecule has 0 aromatic rings. The Labute approximate surface area is 101 Å². The van der Waals surface area contributed by atoms with Crippen molar-refractivity contribution < 1.29 is 14.3 Å². The fourth-order valence-corrected chi connectivity index (χ4v) is 0.595. The van der Waals surface area contributed by atoms with Crippen LogP contribution < -0.4 is 0 Å². The molecule has 0 spiro atoms. The molecule has 0 aromatic carbocycles. The maximum atomic E-state index is 9.17. The molecule has 0 radical (unpaired) electrons. The number of carbonyl (C=O) groups excluding carboxylic acids is 2. The molecular weight excluding hydrogens is 204 g/mol. The van der Waals surface area contributed by atoms with Crippen LogP contribution >= 0.6 is 0 Å². The van der Waals surface area contributed by atoms with Crippen molar-refractivity contribution in [3.8, 4) is 0 Å². The molecule has 0 atom stereocenters. The molecule has 0 unspecified atom stereocenters. The minimum absolute atomic E-state index is 0.639. The lowest BCUT2D eigenvalue weighted by Crippen LogP contribution is -1.95. The second kappa shape index (κ2) is 29.2. The first-order valence-electron chi connectivity index (χ1n) is 6.16. The van der Waals surface area contributed by atoms with E-state index in [0.717, 1.165) is 25.8 Å². The average molecular weight is 232 g/mol. The van der Waals surface area contributed by atoms with Crippen LogP contribution in [0.5, 0.6) is 0 Å². The van der Waals surface area contributed by atoms with Gasteiger partial charge in [-0.25, -0.2) is 0 Å². The molecule has 0 bridgehead atoms. The molecule has 0 fully saturated rings. The molecule has 3 nitrogen and oxygen atoms in total. The van der Waals surface area contributed by atoms with E-state index < -0.39 is 0 Å². The minimum atomic E-state index is 0.639. The van der Waals surface area contributed by atoms with Gasteiger partial charge in [0.2, 0.25) is 0 Å². The summed E-state index contributed by atoms with van der Waals surface area (Å²) in [6.07, 6.45) is 7.17. The summed E-state index contributed by atoms with van der Waals surface area (Å²) in [4.78, 5) is 18.0. The monoisotopic (exact) mass is 232 g/mol. The van der Waals surface area contributed by atoms with E-state index in [0.29, 0.717) is 6.42 Å². The second-order valence-corrected chi connectivity index (χ2v) is 3.13. The highest BCUT2D eigenvalue weighted by molar-refractivity contribution is 5.48. The second-order valence-electron chi connectivity index (χ2n) is 3.13. The lowest BCUT2D eigenvalue weighted by atomic mass is 10.3. The lowest BCUT2D eigenvalue weighted by Gasteiger charge is -1.99. The third kappa shape index (κ3) is 50.7. The van der Waals surface area contributed by atoms with Crippen molar-refractivity contribution in [2.45, 2.75) is 59.8 Å². The topological polar surface area (TPSA) is 43.4 Å². The first kappa shape index (κ1) is 20.7. The van der Waals surface area contributed by atoms with Gasteiger partial charge < -0.3 is 14.3 Å². The molecule has 0 aliphatic heterocycles. The van der Waals surface area contributed by atoms with Gasteiger partial charge in [0.05, 0.1) is 0 Å². The molecule has 0 saturated carbocycles. The van der Waals surface area contributed by atoms with Gasteiger partial charge >= 0.3 is 0 Å². The van der Waals surface area contributed by atoms with E-state index in [-0.39, 0.29) is 0 Å². The quantitative estimate of drug-likeness (QED) is 0.499. The van der Waals surface area contributed by atoms with Gasteiger partial charge in [-0.3, -0.25) is 0 Å². The molecule has 0 aliphatic rings. The van der Waals surface area contributed by atoms with Crippen molar-refractivity contribution in [2.24, 2.45) is 0 Å². The van der Waals surface area contributed by atoms with Gasteiger partial charge in [-0.2, -0.15) is 0 Å². The van der Waals surface area contributed by atoms with Crippen molar-refractivity contribution in [1.82, 2.24) is 0 Å². The molecule has 3 heteroatoms. The SMILES string of the molecule is CC=O.CCC=O.CCCCOCCCC. The molecule has 0 saturated heterocycles. The van der Waals surface area contributed by atoms with Crippen LogP contribution in [0.3, 0.4) is 0 Å². The third-order valence-electron chi connectivity index (χ3n) is 1.45. The Morgan fingerprint density at radius 2 is 1.25 bits per heavy atom. The van der Waals surface area contributed by atoms with Gasteiger partial charge in [-0.1, -0.05) is 33.6 Å². The van der Waals surface area contributed by atoms with Crippen LogP contribution in [0.1, 0.15) is 59.8 Å². The molecule has 0 heterocycles. The van der Waals surface area contributed by atoms with Crippen LogP contribution in [0.15, 0.2) is 0 Å². The molecule has 0 amide bonds. The van der Waals surface area contributed by atoms with Crippen LogP contribution in [0.4, 0.5) is 0 Å². The maximum absolute atomic E-state index is 9.17. The molecule has 16 heavy (non-hydrogen) atoms. The van der Waals surface area contributed by atoms with Crippen molar-refractivity contribution in [3.63, 3.8) is 0 Å². The zero-order valence-electron chi connectivity index (χ0n) is 11.3. The van der Waals surface area contributed by atoms with E-state index in [2.05, 4.69) is 13.8 Å². The largest absolute Gasteiger partial charge is 0.381 e. The van der Waals surface area contributed by atoms with Crippen molar-refractivity contribution >= 4 is 12.6 Å². The first-order valence-corrected chi connectivity index (χ1v) is 6.16. The molecule has 0 aliphatic carbocycles. The highest BCUT2D eigenvalue weighted by Gasteiger charge is 1.84. The highest BCUT2D eigenvalue weighted by atomic mass is 16.5. The number of hydrogen-bond donors (Lipinski definition) is 0. The number of hydrogen-bond acceptors (Lipinski definition) is 3. The van der Waals surface area contributed by atoms with Crippen LogP contribution in [0.2, 0.25) is 0 Å². The normalized spacial score (nSPS) is 8.00. The van der Waals surface area contributed by atoms with E-state index in [4.69, 9.17) is 9.53 Å². The summed E-state index contributed by atoms with van der Waals surface area (Å²) in [6.45, 7) is 9.53. The fraction of sp³-hybridized carbons (Fsp3) is 0.846. The summed E-state index contributed by atoms with van der Waals surface area (Å²) in [5.74, 6) is 0. The van der Waals surface area contributed by atoms with Crippen LogP contribution in [0, 0.1) is 0 Å². The highest BCUT2D eigenvalue weighted by Crippen LogP contribution is 1.91. The number of ether oxygens (including phenoxy) is 1. The molecular formula is C13H28O3. The Balaban J connectivity index is -0.000000201. The number of carbonyl (C=O) groups is 2. The average Bonchev–Trinajstić information content (AvgIpc) is 2.30. The standard InChI is InChI=1S/C8H18O.C3H6O.C2H4O/c1-3-5-7-9-8-6-4-2;1-2-3-4;1-2-3/h3-8H2,1-2H3;3H,2H2,1H3;2H,1H3. The zero-order valence-corrected chi connectivity index (χ0v) is 11.3. The van der Waals surface area contributed by atoms with Gasteiger partial charge in [-0.15, -0.1) is 0 Å². The first-order chi connectivity index (χ1) is 7.74. The van der Waals surface area contributed by atoms with E-state index in [1.165, 1.54) is 32.6 Å². The van der Waals surface area contributed by atoms with Crippen molar-refractivity contribution in [3.05, 3.63) is 0 Å². The van der Waals surface area contributed by atoms with E-state index in [9.17, 15) is 4.79 Å². The molecule has 0 N–H and O–H groups in total. The zero-order chi connectivity index (χ0) is 13.1. The van der Waals surface area contributed by atoms with Crippen LogP contribution in [-0.2, 0) is 14.3 Å². The Kier molecular flexibility index (Phi) is 37.8. The van der Waals surface area contributed by atoms with E-state index >= 15 is 0 Å². The van der Waals surface area contributed by atoms with Gasteiger partial charge in [0.1, 0.15) is 12.6 Å². The summed E-state index contributed by atoms with van der Waals surface area (Å²) in [7, 11) is 0. The smallest absolute Gasteiger partial charge is 0.119 e. The number of unbranched alkanes of at least 4 members (excludes halogenated alkanes) is 2. The van der Waals surface area contributed by atoms with Gasteiger partial charge in [0.15, 0.2) is 0 Å².